The molecule has 0 radical (unpaired) electrons. The highest BCUT2D eigenvalue weighted by atomic mass is 19.1. The van der Waals surface area contributed by atoms with Crippen molar-refractivity contribution in [3.8, 4) is 5.75 Å². The van der Waals surface area contributed by atoms with Gasteiger partial charge in [0.1, 0.15) is 0 Å². The highest BCUT2D eigenvalue weighted by molar-refractivity contribution is 5.99. The highest BCUT2D eigenvalue weighted by Gasteiger charge is 2.34. The highest BCUT2D eigenvalue weighted by Crippen LogP contribution is 2.35. The van der Waals surface area contributed by atoms with Gasteiger partial charge in [-0.05, 0) is 63.0 Å². The molecule has 1 heterocycles. The normalized spacial score (nSPS) is 24.1. The fourth-order valence-corrected chi connectivity index (χ4v) is 4.24. The van der Waals surface area contributed by atoms with Crippen LogP contribution in [0.4, 0.5) is 4.39 Å². The summed E-state index contributed by atoms with van der Waals surface area (Å²) in [6.07, 6.45) is 4.44. The van der Waals surface area contributed by atoms with Gasteiger partial charge >= 0.3 is 0 Å². The maximum Gasteiger partial charge on any atom is 0.257 e. The van der Waals surface area contributed by atoms with Crippen LogP contribution in [0.2, 0.25) is 0 Å². The number of phenolic OH excluding ortho intramolecular Hbond substituents is 1. The van der Waals surface area contributed by atoms with E-state index in [2.05, 4.69) is 18.8 Å². The summed E-state index contributed by atoms with van der Waals surface area (Å²) in [6, 6.07) is 3.40. The first-order chi connectivity index (χ1) is 11.9. The van der Waals surface area contributed by atoms with E-state index in [1.165, 1.54) is 6.07 Å². The fourth-order valence-electron chi connectivity index (χ4n) is 4.24. The number of allylic oxidation sites excluding steroid dienone is 1. The van der Waals surface area contributed by atoms with E-state index in [0.717, 1.165) is 31.4 Å². The number of rotatable bonds is 5. The third-order valence-electron chi connectivity index (χ3n) is 5.62. The Morgan fingerprint density at radius 2 is 2.08 bits per heavy atom. The minimum Gasteiger partial charge on any atom is -0.505 e. The Morgan fingerprint density at radius 1 is 1.40 bits per heavy atom. The maximum absolute atomic E-state index is 14.0. The molecule has 1 amide bonds. The Bertz CT molecular complexity index is 681. The van der Waals surface area contributed by atoms with E-state index in [9.17, 15) is 14.3 Å². The van der Waals surface area contributed by atoms with E-state index >= 15 is 0 Å². The van der Waals surface area contributed by atoms with Gasteiger partial charge < -0.3 is 15.3 Å². The molecule has 2 N–H and O–H groups in total. The lowest BCUT2D eigenvalue weighted by Gasteiger charge is -2.34. The average molecular weight is 346 g/mol. The van der Waals surface area contributed by atoms with Crippen molar-refractivity contribution in [2.75, 3.05) is 6.54 Å². The second-order valence-electron chi connectivity index (χ2n) is 7.61. The predicted molar refractivity (Wildman–Crippen MR) is 95.7 cm³/mol. The molecule has 0 saturated heterocycles. The molecule has 136 valence electrons. The van der Waals surface area contributed by atoms with Crippen molar-refractivity contribution in [1.29, 1.82) is 0 Å². The summed E-state index contributed by atoms with van der Waals surface area (Å²) in [4.78, 5) is 14.2. The molecule has 0 spiro atoms. The molecular weight excluding hydrogens is 319 g/mol. The van der Waals surface area contributed by atoms with Crippen LogP contribution in [0.15, 0.2) is 24.4 Å². The Morgan fingerprint density at radius 3 is 2.72 bits per heavy atom. The van der Waals surface area contributed by atoms with Gasteiger partial charge in [0.25, 0.3) is 5.91 Å². The number of aromatic hydroxyl groups is 1. The van der Waals surface area contributed by atoms with Gasteiger partial charge in [-0.2, -0.15) is 0 Å². The van der Waals surface area contributed by atoms with Gasteiger partial charge in [0.05, 0.1) is 5.56 Å². The first kappa shape index (κ1) is 17.8. The lowest BCUT2D eigenvalue weighted by molar-refractivity contribution is 0.0722. The molecule has 25 heavy (non-hydrogen) atoms. The van der Waals surface area contributed by atoms with Crippen molar-refractivity contribution in [2.45, 2.75) is 52.1 Å². The van der Waals surface area contributed by atoms with Crippen LogP contribution in [0.3, 0.4) is 0 Å². The number of benzene rings is 1. The maximum atomic E-state index is 14.0. The molecule has 1 unspecified atom stereocenters. The third kappa shape index (κ3) is 3.65. The van der Waals surface area contributed by atoms with Crippen LogP contribution in [0.5, 0.6) is 5.75 Å². The summed E-state index contributed by atoms with van der Waals surface area (Å²) in [5, 5.41) is 12.9. The van der Waals surface area contributed by atoms with Crippen LogP contribution < -0.4 is 5.32 Å². The molecule has 3 rings (SSSR count). The molecule has 4 nitrogen and oxygen atoms in total. The van der Waals surface area contributed by atoms with E-state index in [4.69, 9.17) is 0 Å². The second kappa shape index (κ2) is 7.06. The zero-order valence-corrected chi connectivity index (χ0v) is 15.0. The van der Waals surface area contributed by atoms with Crippen molar-refractivity contribution in [2.24, 2.45) is 11.8 Å². The molecule has 5 heteroatoms. The number of nitrogens with zero attached hydrogens (tertiary/aromatic N) is 1. The molecule has 0 aromatic heterocycles. The first-order valence-electron chi connectivity index (χ1n) is 9.08. The quantitative estimate of drug-likeness (QED) is 0.852. The average Bonchev–Trinajstić information content (AvgIpc) is 2.88. The summed E-state index contributed by atoms with van der Waals surface area (Å²) < 4.78 is 14.0. The van der Waals surface area contributed by atoms with Crippen molar-refractivity contribution in [3.05, 3.63) is 41.4 Å². The molecular formula is C20H27FN2O2. The van der Waals surface area contributed by atoms with E-state index in [-0.39, 0.29) is 11.5 Å². The monoisotopic (exact) mass is 346 g/mol. The van der Waals surface area contributed by atoms with Crippen LogP contribution in [-0.2, 0) is 6.54 Å². The number of hydrogen-bond acceptors (Lipinski definition) is 3. The minimum absolute atomic E-state index is 0.0490. The standard InChI is InChI=1S/C20H27FN2O2/c1-12(2)22-13(3)15-6-4-14(5-7-15)10-23-11-16-8-9-17(24)19(21)18(16)20(23)25/h8-9,13-15,22,24H,1,4-7,10-11H2,2-3H3. The minimum atomic E-state index is -0.784. The lowest BCUT2D eigenvalue weighted by atomic mass is 9.78. The molecule has 1 aliphatic carbocycles. The molecule has 1 aliphatic heterocycles. The Labute approximate surface area is 148 Å². The molecule has 1 aromatic rings. The third-order valence-corrected chi connectivity index (χ3v) is 5.62. The molecule has 1 fully saturated rings. The number of nitrogens with one attached hydrogen (secondary N) is 1. The van der Waals surface area contributed by atoms with Crippen LogP contribution in [0.1, 0.15) is 55.5 Å². The van der Waals surface area contributed by atoms with E-state index in [1.807, 2.05) is 6.92 Å². The van der Waals surface area contributed by atoms with Crippen molar-refractivity contribution in [3.63, 3.8) is 0 Å². The van der Waals surface area contributed by atoms with Gasteiger partial charge in [-0.3, -0.25) is 4.79 Å². The van der Waals surface area contributed by atoms with Gasteiger partial charge in [-0.15, -0.1) is 0 Å². The smallest absolute Gasteiger partial charge is 0.257 e. The Balaban J connectivity index is 1.56. The number of hydrogen-bond donors (Lipinski definition) is 2. The number of carbonyl (C=O) groups is 1. The lowest BCUT2D eigenvalue weighted by Crippen LogP contribution is -2.37. The van der Waals surface area contributed by atoms with E-state index < -0.39 is 11.6 Å². The number of halogens is 1. The van der Waals surface area contributed by atoms with Crippen LogP contribution in [-0.4, -0.2) is 28.5 Å². The van der Waals surface area contributed by atoms with Gasteiger partial charge in [-0.25, -0.2) is 4.39 Å². The van der Waals surface area contributed by atoms with Crippen LogP contribution >= 0.6 is 0 Å². The predicted octanol–water partition coefficient (Wildman–Crippen LogP) is 3.81. The van der Waals surface area contributed by atoms with Crippen LogP contribution in [0, 0.1) is 17.7 Å². The van der Waals surface area contributed by atoms with E-state index in [1.54, 1.807) is 11.0 Å². The fraction of sp³-hybridized carbons (Fsp3) is 0.550. The summed E-state index contributed by atoms with van der Waals surface area (Å²) in [7, 11) is 0. The zero-order chi connectivity index (χ0) is 18.1. The van der Waals surface area contributed by atoms with Gasteiger partial charge in [0, 0.05) is 24.8 Å². The second-order valence-corrected chi connectivity index (χ2v) is 7.61. The van der Waals surface area contributed by atoms with Crippen molar-refractivity contribution in [1.82, 2.24) is 10.2 Å². The Kier molecular flexibility index (Phi) is 5.02. The summed E-state index contributed by atoms with van der Waals surface area (Å²) in [6.45, 7) is 9.21. The number of fused-ring (bicyclic) bond motifs is 1. The van der Waals surface area contributed by atoms with Gasteiger partial charge in [-0.1, -0.05) is 12.6 Å². The molecule has 1 saturated carbocycles. The van der Waals surface area contributed by atoms with Crippen molar-refractivity contribution >= 4 is 5.91 Å². The largest absolute Gasteiger partial charge is 0.505 e. The molecule has 1 atom stereocenters. The van der Waals surface area contributed by atoms with Gasteiger partial charge in [0.2, 0.25) is 0 Å². The Hall–Kier alpha value is -2.04. The molecule has 1 aromatic carbocycles. The SMILES string of the molecule is C=C(C)NC(C)C1CCC(CN2Cc3ccc(O)c(F)c3C2=O)CC1. The van der Waals surface area contributed by atoms with Gasteiger partial charge in [0.15, 0.2) is 11.6 Å². The summed E-state index contributed by atoms with van der Waals surface area (Å²) in [5.74, 6) is -0.429. The molecule has 2 aliphatic rings. The topological polar surface area (TPSA) is 52.6 Å². The number of phenols is 1. The van der Waals surface area contributed by atoms with Crippen LogP contribution in [0.25, 0.3) is 0 Å². The first-order valence-corrected chi connectivity index (χ1v) is 9.08. The van der Waals surface area contributed by atoms with E-state index in [0.29, 0.717) is 36.5 Å². The summed E-state index contributed by atoms with van der Waals surface area (Å²) >= 11 is 0. The number of amides is 1. The number of carbonyl (C=O) groups excluding carboxylic acids is 1. The zero-order valence-electron chi connectivity index (χ0n) is 15.0. The van der Waals surface area contributed by atoms with Crippen molar-refractivity contribution < 1.29 is 14.3 Å². The molecule has 0 bridgehead atoms. The summed E-state index contributed by atoms with van der Waals surface area (Å²) in [5.41, 5.74) is 1.72.